The monoisotopic (exact) mass is 454 g/mol. The molecule has 9 heteroatoms. The van der Waals surface area contributed by atoms with E-state index in [0.29, 0.717) is 23.0 Å². The molecule has 0 aliphatic rings. The van der Waals surface area contributed by atoms with Crippen molar-refractivity contribution in [3.05, 3.63) is 78.5 Å². The van der Waals surface area contributed by atoms with E-state index in [1.165, 1.54) is 0 Å². The molecule has 0 fully saturated rings. The van der Waals surface area contributed by atoms with Gasteiger partial charge in [-0.15, -0.1) is 0 Å². The van der Waals surface area contributed by atoms with Crippen LogP contribution in [0.4, 0.5) is 11.5 Å². The highest BCUT2D eigenvalue weighted by Crippen LogP contribution is 2.26. The Hall–Kier alpha value is -3.59. The van der Waals surface area contributed by atoms with E-state index in [2.05, 4.69) is 4.98 Å². The van der Waals surface area contributed by atoms with Gasteiger partial charge in [-0.3, -0.25) is 9.10 Å². The van der Waals surface area contributed by atoms with Gasteiger partial charge in [-0.05, 0) is 55.5 Å². The van der Waals surface area contributed by atoms with Crippen LogP contribution in [0.2, 0.25) is 0 Å². The van der Waals surface area contributed by atoms with Crippen molar-refractivity contribution in [2.45, 2.75) is 13.0 Å². The second-order valence-corrected chi connectivity index (χ2v) is 9.33. The summed E-state index contributed by atoms with van der Waals surface area (Å²) in [5.74, 6) is 1.08. The molecule has 8 nitrogen and oxygen atoms in total. The number of nitrogens with zero attached hydrogens (tertiary/aromatic N) is 3. The Kier molecular flexibility index (Phi) is 6.99. The van der Waals surface area contributed by atoms with Crippen molar-refractivity contribution in [3.8, 4) is 11.5 Å². The van der Waals surface area contributed by atoms with Crippen LogP contribution in [-0.2, 0) is 14.8 Å². The summed E-state index contributed by atoms with van der Waals surface area (Å²) in [4.78, 5) is 18.0. The molecule has 0 aliphatic heterocycles. The van der Waals surface area contributed by atoms with E-state index in [-0.39, 0.29) is 6.54 Å². The van der Waals surface area contributed by atoms with Gasteiger partial charge >= 0.3 is 0 Å². The fourth-order valence-corrected chi connectivity index (χ4v) is 4.05. The van der Waals surface area contributed by atoms with Gasteiger partial charge in [0.2, 0.25) is 15.9 Å². The van der Waals surface area contributed by atoms with Crippen molar-refractivity contribution < 1.29 is 17.9 Å². The number of amides is 1. The van der Waals surface area contributed by atoms with Crippen LogP contribution in [0.5, 0.6) is 11.5 Å². The zero-order valence-electron chi connectivity index (χ0n) is 18.2. The van der Waals surface area contributed by atoms with Gasteiger partial charge in [0.05, 0.1) is 18.5 Å². The summed E-state index contributed by atoms with van der Waals surface area (Å²) in [6.45, 7) is 1.82. The number of nitrogens with two attached hydrogens (primary N) is 1. The molecule has 1 heterocycles. The second-order valence-electron chi connectivity index (χ2n) is 7.42. The Labute approximate surface area is 188 Å². The fourth-order valence-electron chi connectivity index (χ4n) is 3.14. The third kappa shape index (κ3) is 5.76. The molecular weight excluding hydrogens is 428 g/mol. The molecule has 1 aromatic heterocycles. The maximum absolute atomic E-state index is 12.6. The largest absolute Gasteiger partial charge is 0.457 e. The number of sulfonamides is 1. The number of carbonyl (C=O) groups is 1. The first-order valence-corrected chi connectivity index (χ1v) is 11.8. The first kappa shape index (κ1) is 23.1. The molecule has 0 saturated heterocycles. The molecule has 0 unspecified atom stereocenters. The van der Waals surface area contributed by atoms with Crippen LogP contribution in [-0.4, -0.2) is 45.2 Å². The minimum Gasteiger partial charge on any atom is -0.457 e. The number of aromatic nitrogens is 1. The summed E-state index contributed by atoms with van der Waals surface area (Å²) in [6.07, 6.45) is 2.67. The van der Waals surface area contributed by atoms with Gasteiger partial charge in [0.1, 0.15) is 23.4 Å². The number of likely N-dealkylation sites (N-methyl/N-ethyl adjacent to an activating group) is 1. The van der Waals surface area contributed by atoms with Gasteiger partial charge in [0.15, 0.2) is 0 Å². The van der Waals surface area contributed by atoms with E-state index in [9.17, 15) is 13.2 Å². The number of primary amides is 1. The Balaban J connectivity index is 1.84. The quantitative estimate of drug-likeness (QED) is 0.533. The van der Waals surface area contributed by atoms with Crippen LogP contribution >= 0.6 is 0 Å². The molecule has 0 spiro atoms. The van der Waals surface area contributed by atoms with Crippen molar-refractivity contribution in [2.24, 2.45) is 5.73 Å². The maximum Gasteiger partial charge on any atom is 0.242 e. The smallest absolute Gasteiger partial charge is 0.242 e. The Morgan fingerprint density at radius 2 is 1.62 bits per heavy atom. The molecule has 3 rings (SSSR count). The molecular formula is C23H26N4O4S. The van der Waals surface area contributed by atoms with Crippen LogP contribution in [0.1, 0.15) is 5.56 Å². The molecule has 0 saturated carbocycles. The minimum absolute atomic E-state index is 0.167. The number of benzene rings is 2. The molecule has 1 atom stereocenters. The van der Waals surface area contributed by atoms with Crippen LogP contribution in [0, 0.1) is 6.92 Å². The number of rotatable bonds is 9. The van der Waals surface area contributed by atoms with Crippen molar-refractivity contribution in [2.75, 3.05) is 29.1 Å². The van der Waals surface area contributed by atoms with E-state index in [0.717, 1.165) is 16.1 Å². The third-order valence-electron chi connectivity index (χ3n) is 4.93. The lowest BCUT2D eigenvalue weighted by Crippen LogP contribution is -2.51. The van der Waals surface area contributed by atoms with Crippen LogP contribution in [0.15, 0.2) is 72.9 Å². The van der Waals surface area contributed by atoms with E-state index in [4.69, 9.17) is 10.5 Å². The molecule has 1 amide bonds. The lowest BCUT2D eigenvalue weighted by Gasteiger charge is -2.32. The Bertz CT molecular complexity index is 1150. The zero-order valence-corrected chi connectivity index (χ0v) is 19.0. The van der Waals surface area contributed by atoms with Crippen LogP contribution in [0.3, 0.4) is 0 Å². The highest BCUT2D eigenvalue weighted by molar-refractivity contribution is 7.92. The Morgan fingerprint density at radius 3 is 2.12 bits per heavy atom. The number of hydrogen-bond acceptors (Lipinski definition) is 6. The van der Waals surface area contributed by atoms with Gasteiger partial charge in [0, 0.05) is 13.2 Å². The zero-order chi connectivity index (χ0) is 23.3. The molecule has 0 radical (unpaired) electrons. The van der Waals surface area contributed by atoms with Crippen molar-refractivity contribution in [1.82, 2.24) is 4.98 Å². The average Bonchev–Trinajstić information content (AvgIpc) is 2.76. The highest BCUT2D eigenvalue weighted by atomic mass is 32.2. The summed E-state index contributed by atoms with van der Waals surface area (Å²) in [5.41, 5.74) is 7.13. The molecule has 3 aromatic rings. The second kappa shape index (κ2) is 9.69. The molecule has 2 aromatic carbocycles. The van der Waals surface area contributed by atoms with E-state index in [1.54, 1.807) is 60.6 Å². The van der Waals surface area contributed by atoms with Crippen molar-refractivity contribution >= 4 is 27.4 Å². The molecule has 0 bridgehead atoms. The molecule has 168 valence electrons. The van der Waals surface area contributed by atoms with Gasteiger partial charge in [-0.25, -0.2) is 13.4 Å². The average molecular weight is 455 g/mol. The fraction of sp³-hybridized carbons (Fsp3) is 0.217. The Morgan fingerprint density at radius 1 is 1.03 bits per heavy atom. The SMILES string of the molecule is Cc1ccc(Oc2ccc(N(C[C@@H](C(N)=O)N(C)c3ccccn3)S(C)(=O)=O)cc2)cc1. The lowest BCUT2D eigenvalue weighted by atomic mass is 10.2. The summed E-state index contributed by atoms with van der Waals surface area (Å²) in [6, 6.07) is 18.5. The normalized spacial score (nSPS) is 12.1. The molecule has 0 aliphatic carbocycles. The summed E-state index contributed by atoms with van der Waals surface area (Å²) in [5, 5.41) is 0. The highest BCUT2D eigenvalue weighted by Gasteiger charge is 2.29. The number of pyridine rings is 1. The summed E-state index contributed by atoms with van der Waals surface area (Å²) in [7, 11) is -2.05. The minimum atomic E-state index is -3.70. The summed E-state index contributed by atoms with van der Waals surface area (Å²) >= 11 is 0. The van der Waals surface area contributed by atoms with Crippen LogP contribution in [0.25, 0.3) is 0 Å². The van der Waals surface area contributed by atoms with E-state index in [1.807, 2.05) is 31.2 Å². The predicted octanol–water partition coefficient (Wildman–Crippen LogP) is 2.94. The van der Waals surface area contributed by atoms with Gasteiger partial charge in [-0.1, -0.05) is 23.8 Å². The first-order chi connectivity index (χ1) is 15.1. The summed E-state index contributed by atoms with van der Waals surface area (Å²) < 4.78 is 32.1. The number of anilines is 2. The van der Waals surface area contributed by atoms with Crippen molar-refractivity contribution in [1.29, 1.82) is 0 Å². The topological polar surface area (TPSA) is 106 Å². The first-order valence-electron chi connectivity index (χ1n) is 9.90. The molecule has 32 heavy (non-hydrogen) atoms. The van der Waals surface area contributed by atoms with E-state index >= 15 is 0 Å². The van der Waals surface area contributed by atoms with Gasteiger partial charge < -0.3 is 15.4 Å². The number of ether oxygens (including phenoxy) is 1. The third-order valence-corrected chi connectivity index (χ3v) is 6.09. The number of aryl methyl sites for hydroxylation is 1. The van der Waals surface area contributed by atoms with Gasteiger partial charge in [-0.2, -0.15) is 0 Å². The maximum atomic E-state index is 12.6. The standard InChI is InChI=1S/C23H26N4O4S/c1-17-7-11-19(12-8-17)31-20-13-9-18(10-14-20)27(32(3,29)30)16-21(23(24)28)26(2)22-6-4-5-15-25-22/h4-15,21H,16H2,1-3H3,(H2,24,28)/t21-/m0/s1. The number of carbonyl (C=O) groups excluding carboxylic acids is 1. The van der Waals surface area contributed by atoms with Gasteiger partial charge in [0.25, 0.3) is 0 Å². The van der Waals surface area contributed by atoms with Crippen LogP contribution < -0.4 is 19.7 Å². The lowest BCUT2D eigenvalue weighted by molar-refractivity contribution is -0.119. The predicted molar refractivity (Wildman–Crippen MR) is 126 cm³/mol. The van der Waals surface area contributed by atoms with Crippen molar-refractivity contribution in [3.63, 3.8) is 0 Å². The molecule has 2 N–H and O–H groups in total. The number of hydrogen-bond donors (Lipinski definition) is 1. The van der Waals surface area contributed by atoms with E-state index < -0.39 is 22.0 Å².